The fourth-order valence-electron chi connectivity index (χ4n) is 1.01. The van der Waals surface area contributed by atoms with Crippen molar-refractivity contribution < 1.29 is 0 Å². The van der Waals surface area contributed by atoms with Gasteiger partial charge in [0.25, 0.3) is 0 Å². The van der Waals surface area contributed by atoms with Crippen LogP contribution in [0.1, 0.15) is 12.6 Å². The van der Waals surface area contributed by atoms with E-state index in [2.05, 4.69) is 12.1 Å². The molecule has 0 spiro atoms. The molecule has 3 nitrogen and oxygen atoms in total. The highest BCUT2D eigenvalue weighted by atomic mass is 15.0. The highest BCUT2D eigenvalue weighted by Gasteiger charge is 2.03. The van der Waals surface area contributed by atoms with Crippen molar-refractivity contribution in [2.24, 2.45) is 5.92 Å². The van der Waals surface area contributed by atoms with Gasteiger partial charge in [0.1, 0.15) is 11.8 Å². The Hall–Kier alpha value is -1.74. The molecule has 0 radical (unpaired) electrons. The Morgan fingerprint density at radius 3 is 2.92 bits per heavy atom. The zero-order valence-electron chi connectivity index (χ0n) is 6.86. The first kappa shape index (κ1) is 8.36. The highest BCUT2D eigenvalue weighted by molar-refractivity contribution is 5.22. The van der Waals surface area contributed by atoms with E-state index >= 15 is 0 Å². The molecule has 1 atom stereocenters. The average Bonchev–Trinajstić information content (AvgIpc) is 2.51. The number of hydrogen-bond acceptors (Lipinski definition) is 2. The minimum absolute atomic E-state index is 0.0514. The molecule has 3 heteroatoms. The molecule has 0 aromatic carbocycles. The maximum absolute atomic E-state index is 8.64. The van der Waals surface area contributed by atoms with Crippen molar-refractivity contribution in [3.63, 3.8) is 0 Å². The van der Waals surface area contributed by atoms with Gasteiger partial charge in [0.05, 0.1) is 12.0 Å². The minimum Gasteiger partial charge on any atom is -0.338 e. The average molecular weight is 159 g/mol. The highest BCUT2D eigenvalue weighted by Crippen LogP contribution is 2.04. The maximum Gasteiger partial charge on any atom is 0.120 e. The lowest BCUT2D eigenvalue weighted by Crippen LogP contribution is -2.05. The Kier molecular flexibility index (Phi) is 2.50. The maximum atomic E-state index is 8.64. The van der Waals surface area contributed by atoms with Gasteiger partial charge < -0.3 is 4.57 Å². The van der Waals surface area contributed by atoms with Gasteiger partial charge in [-0.25, -0.2) is 0 Å². The fourth-order valence-corrected chi connectivity index (χ4v) is 1.01. The Bertz CT molecular complexity index is 337. The van der Waals surface area contributed by atoms with Crippen LogP contribution >= 0.6 is 0 Å². The normalized spacial score (nSPS) is 11.6. The van der Waals surface area contributed by atoms with Gasteiger partial charge in [-0.05, 0) is 19.1 Å². The van der Waals surface area contributed by atoms with E-state index in [9.17, 15) is 0 Å². The summed E-state index contributed by atoms with van der Waals surface area (Å²) >= 11 is 0. The molecule has 1 aromatic rings. The Morgan fingerprint density at radius 1 is 1.58 bits per heavy atom. The van der Waals surface area contributed by atoms with E-state index in [1.165, 1.54) is 0 Å². The summed E-state index contributed by atoms with van der Waals surface area (Å²) in [4.78, 5) is 0. The van der Waals surface area contributed by atoms with Crippen LogP contribution in [0.25, 0.3) is 0 Å². The predicted octanol–water partition coefficient (Wildman–Crippen LogP) is 1.52. The van der Waals surface area contributed by atoms with Crippen LogP contribution in [-0.4, -0.2) is 4.57 Å². The van der Waals surface area contributed by atoms with Crippen LogP contribution in [-0.2, 0) is 6.54 Å². The van der Waals surface area contributed by atoms with Crippen LogP contribution in [0.5, 0.6) is 0 Å². The van der Waals surface area contributed by atoms with Gasteiger partial charge in [0.15, 0.2) is 0 Å². The summed E-state index contributed by atoms with van der Waals surface area (Å²) in [6.45, 7) is 2.42. The number of rotatable bonds is 2. The van der Waals surface area contributed by atoms with Crippen LogP contribution < -0.4 is 0 Å². The van der Waals surface area contributed by atoms with E-state index in [0.717, 1.165) is 0 Å². The van der Waals surface area contributed by atoms with Crippen LogP contribution in [0, 0.1) is 28.6 Å². The lowest BCUT2D eigenvalue weighted by Gasteiger charge is -2.04. The third-order valence-corrected chi connectivity index (χ3v) is 1.64. The van der Waals surface area contributed by atoms with Gasteiger partial charge in [-0.15, -0.1) is 0 Å². The van der Waals surface area contributed by atoms with Crippen molar-refractivity contribution in [2.75, 3.05) is 0 Å². The standard InChI is InChI=1S/C9H9N3/c1-8(5-10)7-12-4-2-3-9(12)6-11/h2-4,8H,7H2,1H3. The Balaban J connectivity index is 2.78. The van der Waals surface area contributed by atoms with Crippen LogP contribution in [0.4, 0.5) is 0 Å². The summed E-state index contributed by atoms with van der Waals surface area (Å²) in [5, 5.41) is 17.2. The van der Waals surface area contributed by atoms with E-state index < -0.39 is 0 Å². The van der Waals surface area contributed by atoms with Crippen molar-refractivity contribution in [1.82, 2.24) is 4.57 Å². The number of aromatic nitrogens is 1. The molecule has 0 amide bonds. The number of nitriles is 2. The van der Waals surface area contributed by atoms with E-state index in [-0.39, 0.29) is 5.92 Å². The summed E-state index contributed by atoms with van der Waals surface area (Å²) in [5.74, 6) is -0.0514. The topological polar surface area (TPSA) is 52.5 Å². The summed E-state index contributed by atoms with van der Waals surface area (Å²) in [7, 11) is 0. The molecular formula is C9H9N3. The fraction of sp³-hybridized carbons (Fsp3) is 0.333. The molecule has 1 rings (SSSR count). The minimum atomic E-state index is -0.0514. The molecule has 0 aliphatic rings. The van der Waals surface area contributed by atoms with Gasteiger partial charge in [-0.3, -0.25) is 0 Å². The van der Waals surface area contributed by atoms with Crippen molar-refractivity contribution in [1.29, 1.82) is 10.5 Å². The molecule has 1 aromatic heterocycles. The quantitative estimate of drug-likeness (QED) is 0.656. The monoisotopic (exact) mass is 159 g/mol. The first-order valence-corrected chi connectivity index (χ1v) is 3.72. The molecular weight excluding hydrogens is 150 g/mol. The molecule has 0 bridgehead atoms. The lowest BCUT2D eigenvalue weighted by atomic mass is 10.2. The van der Waals surface area contributed by atoms with E-state index in [1.54, 1.807) is 10.6 Å². The molecule has 0 N–H and O–H groups in total. The summed E-state index contributed by atoms with van der Waals surface area (Å²) in [6.07, 6.45) is 1.81. The molecule has 0 aliphatic carbocycles. The second-order valence-electron chi connectivity index (χ2n) is 2.69. The molecule has 0 aliphatic heterocycles. The van der Waals surface area contributed by atoms with Crippen LogP contribution in [0.3, 0.4) is 0 Å². The van der Waals surface area contributed by atoms with E-state index in [1.807, 2.05) is 19.2 Å². The molecule has 60 valence electrons. The van der Waals surface area contributed by atoms with Crippen molar-refractivity contribution in [3.8, 4) is 12.1 Å². The zero-order chi connectivity index (χ0) is 8.97. The van der Waals surface area contributed by atoms with Crippen molar-refractivity contribution in [2.45, 2.75) is 13.5 Å². The smallest absolute Gasteiger partial charge is 0.120 e. The predicted molar refractivity (Wildman–Crippen MR) is 43.9 cm³/mol. The number of hydrogen-bond donors (Lipinski definition) is 0. The van der Waals surface area contributed by atoms with Crippen LogP contribution in [0.15, 0.2) is 18.3 Å². The third kappa shape index (κ3) is 1.65. The van der Waals surface area contributed by atoms with E-state index in [4.69, 9.17) is 10.5 Å². The third-order valence-electron chi connectivity index (χ3n) is 1.64. The van der Waals surface area contributed by atoms with Gasteiger partial charge >= 0.3 is 0 Å². The van der Waals surface area contributed by atoms with Crippen molar-refractivity contribution >= 4 is 0 Å². The van der Waals surface area contributed by atoms with Gasteiger partial charge in [-0.1, -0.05) is 0 Å². The zero-order valence-corrected chi connectivity index (χ0v) is 6.86. The second-order valence-corrected chi connectivity index (χ2v) is 2.69. The molecule has 0 saturated heterocycles. The largest absolute Gasteiger partial charge is 0.338 e. The molecule has 12 heavy (non-hydrogen) atoms. The number of nitrogens with zero attached hydrogens (tertiary/aromatic N) is 3. The molecule has 1 heterocycles. The molecule has 0 saturated carbocycles. The van der Waals surface area contributed by atoms with E-state index in [0.29, 0.717) is 12.2 Å². The summed E-state index contributed by atoms with van der Waals surface area (Å²) < 4.78 is 1.79. The summed E-state index contributed by atoms with van der Waals surface area (Å²) in [6, 6.07) is 7.73. The molecule has 1 unspecified atom stereocenters. The second kappa shape index (κ2) is 3.59. The first-order valence-electron chi connectivity index (χ1n) is 3.72. The lowest BCUT2D eigenvalue weighted by molar-refractivity contribution is 0.578. The van der Waals surface area contributed by atoms with Crippen molar-refractivity contribution in [3.05, 3.63) is 24.0 Å². The van der Waals surface area contributed by atoms with Crippen LogP contribution in [0.2, 0.25) is 0 Å². The first-order chi connectivity index (χ1) is 5.77. The van der Waals surface area contributed by atoms with Gasteiger partial charge in [-0.2, -0.15) is 10.5 Å². The Morgan fingerprint density at radius 2 is 2.33 bits per heavy atom. The van der Waals surface area contributed by atoms with Gasteiger partial charge in [0, 0.05) is 12.7 Å². The Labute approximate surface area is 71.5 Å². The molecule has 0 fully saturated rings. The SMILES string of the molecule is CC(C#N)Cn1cccc1C#N. The van der Waals surface area contributed by atoms with Gasteiger partial charge in [0.2, 0.25) is 0 Å². The summed E-state index contributed by atoms with van der Waals surface area (Å²) in [5.41, 5.74) is 0.608.